The molecule has 1 aromatic rings. The van der Waals surface area contributed by atoms with Crippen LogP contribution >= 0.6 is 12.2 Å². The van der Waals surface area contributed by atoms with Gasteiger partial charge in [-0.1, -0.05) is 37.6 Å². The maximum Gasteiger partial charge on any atom is 0.169 e. The Hall–Kier alpha value is -1.09. The summed E-state index contributed by atoms with van der Waals surface area (Å²) in [6.45, 7) is 5.21. The van der Waals surface area contributed by atoms with Crippen LogP contribution in [0.2, 0.25) is 0 Å². The Balaban J connectivity index is 1.97. The molecule has 18 heavy (non-hydrogen) atoms. The molecule has 1 aromatic carbocycles. The van der Waals surface area contributed by atoms with Gasteiger partial charge in [0.2, 0.25) is 0 Å². The van der Waals surface area contributed by atoms with E-state index in [-0.39, 0.29) is 0 Å². The quantitative estimate of drug-likeness (QED) is 0.665. The maximum absolute atomic E-state index is 5.49. The number of hydrogen-bond donors (Lipinski definition) is 1. The first-order valence-corrected chi connectivity index (χ1v) is 7.31. The van der Waals surface area contributed by atoms with E-state index in [1.165, 1.54) is 36.8 Å². The van der Waals surface area contributed by atoms with Crippen LogP contribution in [0.1, 0.15) is 37.3 Å². The molecule has 0 aromatic heterocycles. The van der Waals surface area contributed by atoms with Crippen LogP contribution < -0.4 is 5.32 Å². The fourth-order valence-corrected chi connectivity index (χ4v) is 2.62. The summed E-state index contributed by atoms with van der Waals surface area (Å²) in [4.78, 5) is 2.30. The van der Waals surface area contributed by atoms with E-state index >= 15 is 0 Å². The number of benzene rings is 1. The van der Waals surface area contributed by atoms with Crippen LogP contribution in [-0.4, -0.2) is 23.1 Å². The number of thiocarbonyl (C=S) groups is 1. The van der Waals surface area contributed by atoms with E-state index in [4.69, 9.17) is 12.2 Å². The van der Waals surface area contributed by atoms with Crippen molar-refractivity contribution in [1.82, 2.24) is 10.2 Å². The largest absolute Gasteiger partial charge is 0.363 e. The Bertz CT molecular complexity index is 403. The summed E-state index contributed by atoms with van der Waals surface area (Å²) in [6.07, 6.45) is 4.75. The summed E-state index contributed by atoms with van der Waals surface area (Å²) in [5, 5.41) is 4.29. The zero-order valence-electron chi connectivity index (χ0n) is 11.1. The highest BCUT2D eigenvalue weighted by molar-refractivity contribution is 7.80. The maximum atomic E-state index is 5.49. The van der Waals surface area contributed by atoms with Gasteiger partial charge in [-0.15, -0.1) is 0 Å². The van der Waals surface area contributed by atoms with Crippen molar-refractivity contribution in [2.75, 3.05) is 13.1 Å². The highest BCUT2D eigenvalue weighted by Gasteiger charge is 2.15. The number of unbranched alkanes of at least 4 members (excludes halogenated alkanes) is 1. The number of nitrogens with one attached hydrogen (secondary N) is 1. The molecular weight excluding hydrogens is 240 g/mol. The second kappa shape index (κ2) is 6.74. The molecule has 1 aliphatic heterocycles. The van der Waals surface area contributed by atoms with Crippen LogP contribution in [0.4, 0.5) is 0 Å². The lowest BCUT2D eigenvalue weighted by Gasteiger charge is -2.24. The lowest BCUT2D eigenvalue weighted by atomic mass is 10.0. The molecule has 0 fully saturated rings. The lowest BCUT2D eigenvalue weighted by Crippen LogP contribution is -2.39. The topological polar surface area (TPSA) is 15.3 Å². The number of hydrogen-bond acceptors (Lipinski definition) is 1. The molecular formula is C15H22N2S. The zero-order chi connectivity index (χ0) is 12.8. The standard InChI is InChI=1S/C15H22N2S/c1-2-3-10-16-15(18)17-11-6-9-13-7-4-5-8-14(13)12-17/h4-5,7-8H,2-3,6,9-12H2,1H3,(H,16,18). The Morgan fingerprint density at radius 1 is 1.33 bits per heavy atom. The monoisotopic (exact) mass is 262 g/mol. The van der Waals surface area contributed by atoms with E-state index < -0.39 is 0 Å². The number of rotatable bonds is 3. The van der Waals surface area contributed by atoms with Crippen molar-refractivity contribution < 1.29 is 0 Å². The van der Waals surface area contributed by atoms with E-state index in [1.54, 1.807) is 0 Å². The molecule has 0 amide bonds. The van der Waals surface area contributed by atoms with Crippen molar-refractivity contribution in [3.8, 4) is 0 Å². The van der Waals surface area contributed by atoms with E-state index in [0.29, 0.717) is 0 Å². The number of nitrogens with zero attached hydrogens (tertiary/aromatic N) is 1. The third-order valence-corrected chi connectivity index (χ3v) is 3.85. The van der Waals surface area contributed by atoms with Gasteiger partial charge in [0, 0.05) is 19.6 Å². The summed E-state index contributed by atoms with van der Waals surface area (Å²) >= 11 is 5.49. The summed E-state index contributed by atoms with van der Waals surface area (Å²) in [6, 6.07) is 8.72. The smallest absolute Gasteiger partial charge is 0.169 e. The van der Waals surface area contributed by atoms with E-state index in [9.17, 15) is 0 Å². The van der Waals surface area contributed by atoms with Gasteiger partial charge in [0.15, 0.2) is 5.11 Å². The van der Waals surface area contributed by atoms with Crippen LogP contribution in [0.3, 0.4) is 0 Å². The van der Waals surface area contributed by atoms with Gasteiger partial charge in [0.25, 0.3) is 0 Å². The molecule has 98 valence electrons. The van der Waals surface area contributed by atoms with Gasteiger partial charge in [-0.3, -0.25) is 0 Å². The minimum Gasteiger partial charge on any atom is -0.363 e. The van der Waals surface area contributed by atoms with Crippen LogP contribution in [0.5, 0.6) is 0 Å². The fraction of sp³-hybridized carbons (Fsp3) is 0.533. The number of fused-ring (bicyclic) bond motifs is 1. The third kappa shape index (κ3) is 3.45. The first kappa shape index (κ1) is 13.3. The minimum atomic E-state index is 0.917. The lowest BCUT2D eigenvalue weighted by molar-refractivity contribution is 0.409. The third-order valence-electron chi connectivity index (χ3n) is 3.45. The van der Waals surface area contributed by atoms with E-state index in [1.807, 2.05) is 0 Å². The second-order valence-corrected chi connectivity index (χ2v) is 5.27. The summed E-state index contributed by atoms with van der Waals surface area (Å²) in [7, 11) is 0. The average molecular weight is 262 g/mol. The predicted molar refractivity (Wildman–Crippen MR) is 80.7 cm³/mol. The summed E-state index contributed by atoms with van der Waals surface area (Å²) < 4.78 is 0. The predicted octanol–water partition coefficient (Wildman–Crippen LogP) is 3.11. The number of aryl methyl sites for hydroxylation is 1. The van der Waals surface area contributed by atoms with Crippen molar-refractivity contribution in [3.05, 3.63) is 35.4 Å². The molecule has 0 atom stereocenters. The van der Waals surface area contributed by atoms with Gasteiger partial charge in [-0.05, 0) is 42.6 Å². The first-order chi connectivity index (χ1) is 8.81. The van der Waals surface area contributed by atoms with Crippen molar-refractivity contribution in [2.24, 2.45) is 0 Å². The van der Waals surface area contributed by atoms with Gasteiger partial charge in [0.05, 0.1) is 0 Å². The van der Waals surface area contributed by atoms with Gasteiger partial charge in [-0.2, -0.15) is 0 Å². The van der Waals surface area contributed by atoms with Crippen molar-refractivity contribution in [2.45, 2.75) is 39.2 Å². The van der Waals surface area contributed by atoms with Crippen LogP contribution in [0, 0.1) is 0 Å². The van der Waals surface area contributed by atoms with Crippen LogP contribution in [0.15, 0.2) is 24.3 Å². The molecule has 0 aliphatic carbocycles. The second-order valence-electron chi connectivity index (χ2n) is 4.88. The fourth-order valence-electron chi connectivity index (χ4n) is 2.36. The highest BCUT2D eigenvalue weighted by Crippen LogP contribution is 2.18. The van der Waals surface area contributed by atoms with Crippen LogP contribution in [-0.2, 0) is 13.0 Å². The summed E-state index contributed by atoms with van der Waals surface area (Å²) in [5.74, 6) is 0. The van der Waals surface area contributed by atoms with Gasteiger partial charge in [-0.25, -0.2) is 0 Å². The Labute approximate surface area is 115 Å². The molecule has 0 unspecified atom stereocenters. The molecule has 0 spiro atoms. The molecule has 0 bridgehead atoms. The average Bonchev–Trinajstić information content (AvgIpc) is 2.61. The molecule has 1 aliphatic rings. The van der Waals surface area contributed by atoms with Crippen molar-refractivity contribution in [3.63, 3.8) is 0 Å². The normalized spacial score (nSPS) is 14.8. The van der Waals surface area contributed by atoms with Crippen molar-refractivity contribution in [1.29, 1.82) is 0 Å². The Morgan fingerprint density at radius 2 is 2.11 bits per heavy atom. The van der Waals surface area contributed by atoms with Crippen LogP contribution in [0.25, 0.3) is 0 Å². The molecule has 3 heteroatoms. The zero-order valence-corrected chi connectivity index (χ0v) is 11.9. The molecule has 1 heterocycles. The van der Waals surface area contributed by atoms with Gasteiger partial charge < -0.3 is 10.2 Å². The van der Waals surface area contributed by atoms with Gasteiger partial charge in [0.1, 0.15) is 0 Å². The van der Waals surface area contributed by atoms with E-state index in [2.05, 4.69) is 41.4 Å². The Morgan fingerprint density at radius 3 is 2.89 bits per heavy atom. The summed E-state index contributed by atoms with van der Waals surface area (Å²) in [5.41, 5.74) is 2.91. The molecule has 2 nitrogen and oxygen atoms in total. The molecule has 0 radical (unpaired) electrons. The SMILES string of the molecule is CCCCNC(=S)N1CCCc2ccccc2C1. The molecule has 2 rings (SSSR count). The first-order valence-electron chi connectivity index (χ1n) is 6.91. The minimum absolute atomic E-state index is 0.917. The Kier molecular flexibility index (Phi) is 5.00. The van der Waals surface area contributed by atoms with Crippen molar-refractivity contribution >= 4 is 17.3 Å². The molecule has 0 saturated carbocycles. The molecule has 1 N–H and O–H groups in total. The molecule has 0 saturated heterocycles. The van der Waals surface area contributed by atoms with Gasteiger partial charge >= 0.3 is 0 Å². The highest BCUT2D eigenvalue weighted by atomic mass is 32.1. The van der Waals surface area contributed by atoms with E-state index in [0.717, 1.165) is 24.7 Å².